The lowest BCUT2D eigenvalue weighted by Crippen LogP contribution is -2.60. The molecule has 1 aliphatic heterocycles. The predicted octanol–water partition coefficient (Wildman–Crippen LogP) is 2.39. The number of esters is 2. The summed E-state index contributed by atoms with van der Waals surface area (Å²) in [6.07, 6.45) is -2.38. The van der Waals surface area contributed by atoms with Gasteiger partial charge in [-0.15, -0.1) is 6.58 Å². The van der Waals surface area contributed by atoms with E-state index in [1.165, 1.54) is 13.8 Å². The molecule has 160 valence electrons. The molecule has 1 aromatic carbocycles. The van der Waals surface area contributed by atoms with Crippen molar-refractivity contribution in [3.63, 3.8) is 0 Å². The molecule has 0 spiro atoms. The van der Waals surface area contributed by atoms with Crippen molar-refractivity contribution < 1.29 is 38.0 Å². The second-order valence-corrected chi connectivity index (χ2v) is 6.60. The van der Waals surface area contributed by atoms with E-state index in [9.17, 15) is 9.59 Å². The van der Waals surface area contributed by atoms with Gasteiger partial charge in [-0.2, -0.15) is 0 Å². The Kier molecular flexibility index (Phi) is 8.63. The number of benzene rings is 1. The Morgan fingerprint density at radius 2 is 1.66 bits per heavy atom. The van der Waals surface area contributed by atoms with E-state index in [0.29, 0.717) is 0 Å². The first-order chi connectivity index (χ1) is 13.8. The average Bonchev–Trinajstić information content (AvgIpc) is 2.68. The van der Waals surface area contributed by atoms with E-state index in [4.69, 9.17) is 28.4 Å². The molecule has 0 saturated carbocycles. The van der Waals surface area contributed by atoms with Crippen molar-refractivity contribution in [2.24, 2.45) is 0 Å². The molecule has 1 heterocycles. The maximum absolute atomic E-state index is 11.7. The molecule has 1 fully saturated rings. The van der Waals surface area contributed by atoms with Crippen LogP contribution < -0.4 is 4.74 Å². The third-order valence-corrected chi connectivity index (χ3v) is 4.31. The second kappa shape index (κ2) is 10.9. The summed E-state index contributed by atoms with van der Waals surface area (Å²) < 4.78 is 33.6. The van der Waals surface area contributed by atoms with Gasteiger partial charge in [-0.25, -0.2) is 0 Å². The number of carbonyl (C=O) groups excluding carboxylic acids is 2. The van der Waals surface area contributed by atoms with Crippen LogP contribution >= 0.6 is 0 Å². The van der Waals surface area contributed by atoms with Crippen LogP contribution in [-0.4, -0.2) is 56.4 Å². The van der Waals surface area contributed by atoms with Crippen molar-refractivity contribution in [3.05, 3.63) is 42.5 Å². The van der Waals surface area contributed by atoms with Crippen molar-refractivity contribution in [2.75, 3.05) is 13.7 Å². The van der Waals surface area contributed by atoms with Gasteiger partial charge in [0.05, 0.1) is 26.4 Å². The first-order valence-corrected chi connectivity index (χ1v) is 9.32. The van der Waals surface area contributed by atoms with Gasteiger partial charge in [0.1, 0.15) is 11.9 Å². The van der Waals surface area contributed by atoms with Crippen LogP contribution in [0.15, 0.2) is 36.9 Å². The highest BCUT2D eigenvalue weighted by Crippen LogP contribution is 2.30. The van der Waals surface area contributed by atoms with E-state index in [0.717, 1.165) is 11.3 Å². The first-order valence-electron chi connectivity index (χ1n) is 9.32. The zero-order chi connectivity index (χ0) is 21.4. The summed E-state index contributed by atoms with van der Waals surface area (Å²) in [7, 11) is 1.59. The van der Waals surface area contributed by atoms with Crippen LogP contribution in [0, 0.1) is 0 Å². The van der Waals surface area contributed by atoms with Crippen LogP contribution in [0.4, 0.5) is 0 Å². The van der Waals surface area contributed by atoms with Crippen molar-refractivity contribution in [1.29, 1.82) is 0 Å². The molecule has 0 radical (unpaired) electrons. The van der Waals surface area contributed by atoms with Crippen molar-refractivity contribution in [2.45, 2.75) is 58.1 Å². The molecular weight excluding hydrogens is 380 g/mol. The molecule has 8 heteroatoms. The van der Waals surface area contributed by atoms with E-state index < -0.39 is 42.6 Å². The van der Waals surface area contributed by atoms with Gasteiger partial charge < -0.3 is 28.4 Å². The molecule has 5 atom stereocenters. The number of rotatable bonds is 9. The molecule has 0 unspecified atom stereocenters. The molecule has 8 nitrogen and oxygen atoms in total. The van der Waals surface area contributed by atoms with Gasteiger partial charge in [-0.1, -0.05) is 18.2 Å². The van der Waals surface area contributed by atoms with Crippen molar-refractivity contribution >= 4 is 11.9 Å². The third kappa shape index (κ3) is 6.56. The van der Waals surface area contributed by atoms with Crippen LogP contribution in [0.3, 0.4) is 0 Å². The minimum absolute atomic E-state index is 0.199. The Balaban J connectivity index is 2.24. The molecule has 0 aromatic heterocycles. The predicted molar refractivity (Wildman–Crippen MR) is 103 cm³/mol. The Labute approximate surface area is 170 Å². The fourth-order valence-electron chi connectivity index (χ4n) is 3.04. The lowest BCUT2D eigenvalue weighted by atomic mass is 9.98. The number of hydrogen-bond acceptors (Lipinski definition) is 8. The second-order valence-electron chi connectivity index (χ2n) is 6.60. The number of carbonyl (C=O) groups is 2. The monoisotopic (exact) mass is 408 g/mol. The summed E-state index contributed by atoms with van der Waals surface area (Å²) in [6.45, 7) is 8.33. The zero-order valence-corrected chi connectivity index (χ0v) is 17.2. The summed E-state index contributed by atoms with van der Waals surface area (Å²) >= 11 is 0. The first kappa shape index (κ1) is 22.9. The van der Waals surface area contributed by atoms with E-state index in [1.54, 1.807) is 20.1 Å². The standard InChI is InChI=1S/C21H28O8/c1-6-11-25-21-20(26-12-16-7-9-17(24-5)10-8-16)19(29-15(4)23)18(13(2)27-21)28-14(3)22/h6-10,13,18-21H,1,11-12H2,2-5H3/t13-,18+,19+,20-,21+/m0/s1. The van der Waals surface area contributed by atoms with Gasteiger partial charge in [0.15, 0.2) is 18.5 Å². The smallest absolute Gasteiger partial charge is 0.303 e. The molecule has 0 N–H and O–H groups in total. The maximum Gasteiger partial charge on any atom is 0.303 e. The summed E-state index contributed by atoms with van der Waals surface area (Å²) in [5.74, 6) is -0.313. The fourth-order valence-corrected chi connectivity index (χ4v) is 3.04. The van der Waals surface area contributed by atoms with Crippen molar-refractivity contribution in [1.82, 2.24) is 0 Å². The normalized spacial score (nSPS) is 26.4. The van der Waals surface area contributed by atoms with Crippen LogP contribution in [0.25, 0.3) is 0 Å². The third-order valence-electron chi connectivity index (χ3n) is 4.31. The van der Waals surface area contributed by atoms with Gasteiger partial charge in [-0.05, 0) is 24.6 Å². The molecular formula is C21H28O8. The average molecular weight is 408 g/mol. The number of methoxy groups -OCH3 is 1. The molecule has 2 rings (SSSR count). The molecule has 0 amide bonds. The minimum Gasteiger partial charge on any atom is -0.497 e. The van der Waals surface area contributed by atoms with E-state index >= 15 is 0 Å². The highest BCUT2D eigenvalue weighted by atomic mass is 16.7. The van der Waals surface area contributed by atoms with E-state index in [1.807, 2.05) is 24.3 Å². The Bertz CT molecular complexity index is 686. The van der Waals surface area contributed by atoms with Crippen LogP contribution in [0.5, 0.6) is 5.75 Å². The summed E-state index contributed by atoms with van der Waals surface area (Å²) in [5, 5.41) is 0. The zero-order valence-electron chi connectivity index (χ0n) is 17.2. The van der Waals surface area contributed by atoms with E-state index in [-0.39, 0.29) is 13.2 Å². The molecule has 29 heavy (non-hydrogen) atoms. The van der Waals surface area contributed by atoms with Gasteiger partial charge >= 0.3 is 11.9 Å². The topological polar surface area (TPSA) is 89.5 Å². The SMILES string of the molecule is C=CCO[C@@H]1O[C@@H](C)[C@@H](OC(C)=O)[C@@H](OC(C)=O)[C@@H]1OCc1ccc(OC)cc1. The number of ether oxygens (including phenoxy) is 6. The van der Waals surface area contributed by atoms with Gasteiger partial charge in [0, 0.05) is 13.8 Å². The molecule has 0 aliphatic carbocycles. The van der Waals surface area contributed by atoms with Crippen LogP contribution in [0.2, 0.25) is 0 Å². The van der Waals surface area contributed by atoms with Crippen LogP contribution in [0.1, 0.15) is 26.3 Å². The largest absolute Gasteiger partial charge is 0.497 e. The molecule has 1 aliphatic rings. The summed E-state index contributed by atoms with van der Waals surface area (Å²) in [5.41, 5.74) is 0.873. The van der Waals surface area contributed by atoms with E-state index in [2.05, 4.69) is 6.58 Å². The van der Waals surface area contributed by atoms with Crippen LogP contribution in [-0.2, 0) is 39.9 Å². The Hall–Kier alpha value is -2.42. The highest BCUT2D eigenvalue weighted by molar-refractivity contribution is 5.67. The maximum atomic E-state index is 11.7. The van der Waals surface area contributed by atoms with Gasteiger partial charge in [0.2, 0.25) is 0 Å². The lowest BCUT2D eigenvalue weighted by Gasteiger charge is -2.43. The Morgan fingerprint density at radius 3 is 2.21 bits per heavy atom. The van der Waals surface area contributed by atoms with Gasteiger partial charge in [0.25, 0.3) is 0 Å². The van der Waals surface area contributed by atoms with Gasteiger partial charge in [-0.3, -0.25) is 9.59 Å². The summed E-state index contributed by atoms with van der Waals surface area (Å²) in [6, 6.07) is 7.34. The minimum atomic E-state index is -0.895. The summed E-state index contributed by atoms with van der Waals surface area (Å²) in [4.78, 5) is 23.3. The molecule has 0 bridgehead atoms. The van der Waals surface area contributed by atoms with Crippen molar-refractivity contribution in [3.8, 4) is 5.75 Å². The number of hydrogen-bond donors (Lipinski definition) is 0. The quantitative estimate of drug-likeness (QED) is 0.455. The Morgan fingerprint density at radius 1 is 1.03 bits per heavy atom. The fraction of sp³-hybridized carbons (Fsp3) is 0.524. The lowest BCUT2D eigenvalue weighted by molar-refractivity contribution is -0.306. The highest BCUT2D eigenvalue weighted by Gasteiger charge is 2.49. The molecule has 1 saturated heterocycles. The molecule has 1 aromatic rings.